The van der Waals surface area contributed by atoms with Gasteiger partial charge in [0.15, 0.2) is 0 Å². The molecule has 5 heteroatoms. The van der Waals surface area contributed by atoms with Crippen molar-refractivity contribution in [1.82, 2.24) is 4.90 Å². The summed E-state index contributed by atoms with van der Waals surface area (Å²) in [4.78, 5) is 14.6. The zero-order valence-corrected chi connectivity index (χ0v) is 12.8. The highest BCUT2D eigenvalue weighted by Gasteiger charge is 2.39. The lowest BCUT2D eigenvalue weighted by atomic mass is 9.89. The van der Waals surface area contributed by atoms with E-state index in [-0.39, 0.29) is 23.7 Å². The Morgan fingerprint density at radius 3 is 2.95 bits per heavy atom. The lowest BCUT2D eigenvalue weighted by Crippen LogP contribution is -2.48. The topological polar surface area (TPSA) is 49.8 Å². The second-order valence-corrected chi connectivity index (χ2v) is 6.27. The van der Waals surface area contributed by atoms with Crippen LogP contribution in [-0.2, 0) is 4.74 Å². The van der Waals surface area contributed by atoms with Crippen molar-refractivity contribution in [3.63, 3.8) is 0 Å². The Hall–Kier alpha value is -1.46. The molecule has 22 heavy (non-hydrogen) atoms. The Morgan fingerprint density at radius 2 is 2.23 bits per heavy atom. The van der Waals surface area contributed by atoms with E-state index in [1.54, 1.807) is 13.0 Å². The van der Waals surface area contributed by atoms with Crippen LogP contribution in [0.5, 0.6) is 0 Å². The van der Waals surface area contributed by atoms with Gasteiger partial charge in [-0.25, -0.2) is 4.39 Å². The number of carbonyl (C=O) groups excluding carboxylic acids is 1. The van der Waals surface area contributed by atoms with Gasteiger partial charge < -0.3 is 14.7 Å². The minimum atomic E-state index is -0.415. The number of benzene rings is 1. The van der Waals surface area contributed by atoms with Gasteiger partial charge in [-0.05, 0) is 49.9 Å². The minimum absolute atomic E-state index is 0.00755. The molecule has 0 saturated carbocycles. The van der Waals surface area contributed by atoms with Crippen LogP contribution in [-0.4, -0.2) is 47.8 Å². The first-order valence-corrected chi connectivity index (χ1v) is 7.91. The first kappa shape index (κ1) is 15.4. The largest absolute Gasteiger partial charge is 0.393 e. The molecule has 2 saturated heterocycles. The Morgan fingerprint density at radius 1 is 1.41 bits per heavy atom. The highest BCUT2D eigenvalue weighted by atomic mass is 19.1. The number of aliphatic hydroxyl groups is 1. The van der Waals surface area contributed by atoms with Crippen LogP contribution in [0, 0.1) is 18.7 Å². The van der Waals surface area contributed by atoms with Crippen molar-refractivity contribution in [1.29, 1.82) is 0 Å². The first-order chi connectivity index (χ1) is 10.6. The Bertz CT molecular complexity index is 563. The van der Waals surface area contributed by atoms with E-state index >= 15 is 0 Å². The highest BCUT2D eigenvalue weighted by Crippen LogP contribution is 2.31. The van der Waals surface area contributed by atoms with E-state index in [4.69, 9.17) is 4.74 Å². The molecule has 3 atom stereocenters. The maximum atomic E-state index is 13.4. The van der Waals surface area contributed by atoms with E-state index in [1.807, 2.05) is 4.90 Å². The molecule has 2 fully saturated rings. The quantitative estimate of drug-likeness (QED) is 0.910. The number of hydrogen-bond acceptors (Lipinski definition) is 3. The molecule has 0 aromatic heterocycles. The number of halogens is 1. The van der Waals surface area contributed by atoms with Crippen molar-refractivity contribution in [3.05, 3.63) is 35.1 Å². The molecule has 3 rings (SSSR count). The molecule has 0 aliphatic carbocycles. The van der Waals surface area contributed by atoms with Crippen LogP contribution in [0.25, 0.3) is 0 Å². The Labute approximate surface area is 129 Å². The van der Waals surface area contributed by atoms with Crippen LogP contribution in [0.4, 0.5) is 4.39 Å². The first-order valence-electron chi connectivity index (χ1n) is 7.91. The van der Waals surface area contributed by atoms with Crippen LogP contribution in [0.15, 0.2) is 18.2 Å². The van der Waals surface area contributed by atoms with Crippen molar-refractivity contribution < 1.29 is 19.0 Å². The number of carbonyl (C=O) groups is 1. The SMILES string of the molecule is Cc1cc(C(=O)N2CCC[C@@H]2[C@H]2COCC[C@@H]2O)ccc1F. The number of rotatable bonds is 2. The number of nitrogens with zero attached hydrogens (tertiary/aromatic N) is 1. The fraction of sp³-hybridized carbons (Fsp3) is 0.588. The average Bonchev–Trinajstić information content (AvgIpc) is 2.99. The number of amides is 1. The number of aliphatic hydroxyl groups excluding tert-OH is 1. The van der Waals surface area contributed by atoms with Crippen LogP contribution in [0.3, 0.4) is 0 Å². The average molecular weight is 307 g/mol. The molecule has 2 aliphatic rings. The zero-order valence-electron chi connectivity index (χ0n) is 12.8. The highest BCUT2D eigenvalue weighted by molar-refractivity contribution is 5.94. The van der Waals surface area contributed by atoms with E-state index in [0.717, 1.165) is 12.8 Å². The molecule has 0 unspecified atom stereocenters. The molecule has 0 radical (unpaired) electrons. The molecule has 1 aromatic rings. The fourth-order valence-electron chi connectivity index (χ4n) is 3.55. The Kier molecular flexibility index (Phi) is 4.45. The van der Waals surface area contributed by atoms with Crippen LogP contribution < -0.4 is 0 Å². The molecule has 0 spiro atoms. The maximum absolute atomic E-state index is 13.4. The van der Waals surface area contributed by atoms with Gasteiger partial charge in [-0.3, -0.25) is 4.79 Å². The van der Waals surface area contributed by atoms with E-state index in [0.29, 0.717) is 37.3 Å². The molecular weight excluding hydrogens is 285 g/mol. The van der Waals surface area contributed by atoms with Gasteiger partial charge >= 0.3 is 0 Å². The van der Waals surface area contributed by atoms with Gasteiger partial charge in [0.2, 0.25) is 0 Å². The summed E-state index contributed by atoms with van der Waals surface area (Å²) in [6.07, 6.45) is 2.03. The van der Waals surface area contributed by atoms with Crippen LogP contribution in [0.2, 0.25) is 0 Å². The van der Waals surface area contributed by atoms with E-state index in [9.17, 15) is 14.3 Å². The van der Waals surface area contributed by atoms with Gasteiger partial charge in [-0.1, -0.05) is 0 Å². The standard InChI is InChI=1S/C17H22FNO3/c1-11-9-12(4-5-14(11)18)17(21)19-7-2-3-15(19)13-10-22-8-6-16(13)20/h4-5,9,13,15-16,20H,2-3,6-8,10H2,1H3/t13-,15-,16+/m1/s1. The maximum Gasteiger partial charge on any atom is 0.254 e. The molecule has 1 aromatic carbocycles. The fourth-order valence-corrected chi connectivity index (χ4v) is 3.55. The Balaban J connectivity index is 1.79. The smallest absolute Gasteiger partial charge is 0.254 e. The molecule has 1 N–H and O–H groups in total. The predicted octanol–water partition coefficient (Wildman–Crippen LogP) is 2.14. The van der Waals surface area contributed by atoms with Crippen molar-refractivity contribution in [2.45, 2.75) is 38.3 Å². The van der Waals surface area contributed by atoms with Crippen molar-refractivity contribution >= 4 is 5.91 Å². The van der Waals surface area contributed by atoms with Crippen LogP contribution >= 0.6 is 0 Å². The number of ether oxygens (including phenoxy) is 1. The summed E-state index contributed by atoms with van der Waals surface area (Å²) in [5, 5.41) is 10.2. The summed E-state index contributed by atoms with van der Waals surface area (Å²) < 4.78 is 18.9. The van der Waals surface area contributed by atoms with Gasteiger partial charge in [0, 0.05) is 30.7 Å². The lowest BCUT2D eigenvalue weighted by Gasteiger charge is -2.37. The zero-order chi connectivity index (χ0) is 15.7. The van der Waals surface area contributed by atoms with Crippen molar-refractivity contribution in [2.75, 3.05) is 19.8 Å². The molecule has 120 valence electrons. The predicted molar refractivity (Wildman–Crippen MR) is 80.1 cm³/mol. The van der Waals surface area contributed by atoms with Gasteiger partial charge in [0.1, 0.15) is 5.82 Å². The van der Waals surface area contributed by atoms with Gasteiger partial charge in [0.25, 0.3) is 5.91 Å². The third-order valence-electron chi connectivity index (χ3n) is 4.82. The van der Waals surface area contributed by atoms with Crippen molar-refractivity contribution in [3.8, 4) is 0 Å². The van der Waals surface area contributed by atoms with Crippen molar-refractivity contribution in [2.24, 2.45) is 5.92 Å². The second-order valence-electron chi connectivity index (χ2n) is 6.27. The summed E-state index contributed by atoms with van der Waals surface area (Å²) in [7, 11) is 0. The molecule has 0 bridgehead atoms. The molecule has 4 nitrogen and oxygen atoms in total. The molecular formula is C17H22FNO3. The number of hydrogen-bond donors (Lipinski definition) is 1. The van der Waals surface area contributed by atoms with Gasteiger partial charge in [-0.15, -0.1) is 0 Å². The van der Waals surface area contributed by atoms with Gasteiger partial charge in [0.05, 0.1) is 12.7 Å². The van der Waals surface area contributed by atoms with E-state index in [1.165, 1.54) is 12.1 Å². The van der Waals surface area contributed by atoms with E-state index < -0.39 is 6.10 Å². The normalized spacial score (nSPS) is 28.9. The second kappa shape index (κ2) is 6.34. The third-order valence-corrected chi connectivity index (χ3v) is 4.82. The molecule has 2 heterocycles. The summed E-state index contributed by atoms with van der Waals surface area (Å²) in [5.74, 6) is -0.407. The number of likely N-dealkylation sites (tertiary alicyclic amines) is 1. The summed E-state index contributed by atoms with van der Waals surface area (Å²) >= 11 is 0. The van der Waals surface area contributed by atoms with Crippen LogP contribution in [0.1, 0.15) is 35.2 Å². The molecule has 2 aliphatic heterocycles. The summed E-state index contributed by atoms with van der Waals surface area (Å²) in [6, 6.07) is 4.48. The van der Waals surface area contributed by atoms with E-state index in [2.05, 4.69) is 0 Å². The minimum Gasteiger partial charge on any atom is -0.393 e. The summed E-state index contributed by atoms with van der Waals surface area (Å²) in [6.45, 7) is 3.42. The number of aryl methyl sites for hydroxylation is 1. The summed E-state index contributed by atoms with van der Waals surface area (Å²) in [5.41, 5.74) is 0.986. The van der Waals surface area contributed by atoms with Gasteiger partial charge in [-0.2, -0.15) is 0 Å². The monoisotopic (exact) mass is 307 g/mol. The third kappa shape index (κ3) is 2.88. The lowest BCUT2D eigenvalue weighted by molar-refractivity contribution is -0.0589. The molecule has 1 amide bonds.